The molecule has 3 rings (SSSR count). The molecule has 1 aromatic heterocycles. The van der Waals surface area contributed by atoms with Crippen molar-refractivity contribution in [3.8, 4) is 0 Å². The minimum atomic E-state index is -3.56. The highest BCUT2D eigenvalue weighted by Gasteiger charge is 2.29. The summed E-state index contributed by atoms with van der Waals surface area (Å²) in [5.74, 6) is 0.891. The minimum Gasteiger partial charge on any atom is -0.469 e. The first-order chi connectivity index (χ1) is 9.97. The largest absolute Gasteiger partial charge is 0.469 e. The maximum absolute atomic E-state index is 12.5. The van der Waals surface area contributed by atoms with E-state index in [1.807, 2.05) is 6.92 Å². The summed E-state index contributed by atoms with van der Waals surface area (Å²) in [6.45, 7) is 1.94. The van der Waals surface area contributed by atoms with Gasteiger partial charge in [-0.2, -0.15) is 0 Å². The van der Waals surface area contributed by atoms with Crippen molar-refractivity contribution in [3.63, 3.8) is 0 Å². The molecule has 6 heteroatoms. The van der Waals surface area contributed by atoms with Gasteiger partial charge < -0.3 is 4.42 Å². The fraction of sp³-hybridized carbons (Fsp3) is 0.333. The zero-order valence-electron chi connectivity index (χ0n) is 11.6. The number of rotatable bonds is 3. The van der Waals surface area contributed by atoms with Crippen molar-refractivity contribution in [2.45, 2.75) is 37.1 Å². The Morgan fingerprint density at radius 3 is 2.71 bits per heavy atom. The Bertz CT molecular complexity index is 750. The molecule has 1 aliphatic rings. The fourth-order valence-electron chi connectivity index (χ4n) is 2.77. The topological polar surface area (TPSA) is 59.3 Å². The highest BCUT2D eigenvalue weighted by atomic mass is 35.5. The van der Waals surface area contributed by atoms with Crippen LogP contribution >= 0.6 is 11.6 Å². The Hall–Kier alpha value is -1.30. The van der Waals surface area contributed by atoms with Gasteiger partial charge in [-0.3, -0.25) is 0 Å². The summed E-state index contributed by atoms with van der Waals surface area (Å²) in [5, 5.41) is 0.514. The number of fused-ring (bicyclic) bond motifs is 1. The van der Waals surface area contributed by atoms with Crippen LogP contribution in [0.15, 0.2) is 39.8 Å². The fourth-order valence-corrected chi connectivity index (χ4v) is 4.13. The Morgan fingerprint density at radius 1 is 1.29 bits per heavy atom. The zero-order valence-corrected chi connectivity index (χ0v) is 13.2. The van der Waals surface area contributed by atoms with Gasteiger partial charge in [0.15, 0.2) is 0 Å². The summed E-state index contributed by atoms with van der Waals surface area (Å²) in [7, 11) is -3.56. The first kappa shape index (κ1) is 14.6. The maximum atomic E-state index is 12.5. The van der Waals surface area contributed by atoms with Crippen molar-refractivity contribution in [1.29, 1.82) is 0 Å². The Labute approximate surface area is 129 Å². The van der Waals surface area contributed by atoms with Crippen LogP contribution in [0.1, 0.15) is 35.8 Å². The van der Waals surface area contributed by atoms with Crippen molar-refractivity contribution >= 4 is 21.6 Å². The molecule has 2 aromatic rings. The van der Waals surface area contributed by atoms with Gasteiger partial charge in [0, 0.05) is 17.0 Å². The van der Waals surface area contributed by atoms with Gasteiger partial charge in [-0.25, -0.2) is 13.1 Å². The molecule has 1 heterocycles. The second-order valence-corrected chi connectivity index (χ2v) is 7.43. The number of aryl methyl sites for hydroxylation is 2. The van der Waals surface area contributed by atoms with E-state index in [-0.39, 0.29) is 10.9 Å². The minimum absolute atomic E-state index is 0.222. The van der Waals surface area contributed by atoms with Crippen molar-refractivity contribution in [2.24, 2.45) is 0 Å². The lowest BCUT2D eigenvalue weighted by Crippen LogP contribution is -2.31. The van der Waals surface area contributed by atoms with Crippen molar-refractivity contribution in [3.05, 3.63) is 52.4 Å². The van der Waals surface area contributed by atoms with Gasteiger partial charge in [0.25, 0.3) is 0 Å². The number of benzene rings is 1. The van der Waals surface area contributed by atoms with E-state index in [9.17, 15) is 8.42 Å². The van der Waals surface area contributed by atoms with Crippen molar-refractivity contribution < 1.29 is 12.8 Å². The predicted octanol–water partition coefficient (Wildman–Crippen LogP) is 3.60. The third-order valence-electron chi connectivity index (χ3n) is 3.77. The average Bonchev–Trinajstić information content (AvgIpc) is 2.82. The molecule has 0 bridgehead atoms. The summed E-state index contributed by atoms with van der Waals surface area (Å²) in [6.07, 6.45) is 4.25. The summed E-state index contributed by atoms with van der Waals surface area (Å²) in [5.41, 5.74) is 1.98. The molecule has 4 nitrogen and oxygen atoms in total. The molecule has 0 spiro atoms. The molecule has 0 saturated carbocycles. The molecule has 1 aromatic carbocycles. The molecular weight excluding hydrogens is 310 g/mol. The van der Waals surface area contributed by atoms with Crippen LogP contribution in [0.5, 0.6) is 0 Å². The maximum Gasteiger partial charge on any atom is 0.241 e. The molecule has 1 atom stereocenters. The van der Waals surface area contributed by atoms with E-state index in [1.54, 1.807) is 18.4 Å². The molecule has 0 saturated heterocycles. The van der Waals surface area contributed by atoms with Gasteiger partial charge in [-0.1, -0.05) is 11.6 Å². The Kier molecular flexibility index (Phi) is 3.82. The molecule has 21 heavy (non-hydrogen) atoms. The Morgan fingerprint density at radius 2 is 2.00 bits per heavy atom. The van der Waals surface area contributed by atoms with E-state index in [1.165, 1.54) is 12.1 Å². The van der Waals surface area contributed by atoms with Crippen LogP contribution in [0.4, 0.5) is 0 Å². The molecule has 0 radical (unpaired) electrons. The number of hydrogen-bond acceptors (Lipinski definition) is 3. The standard InChI is InChI=1S/C15H16ClNO3S/c1-10-9-20-14-4-2-3-13(15(10)14)17-21(18,19)12-7-5-11(16)6-8-12/h5-9,13,17H,2-4H2,1H3. The second-order valence-electron chi connectivity index (χ2n) is 5.28. The van der Waals surface area contributed by atoms with Gasteiger partial charge >= 0.3 is 0 Å². The van der Waals surface area contributed by atoms with Crippen molar-refractivity contribution in [1.82, 2.24) is 4.72 Å². The SMILES string of the molecule is Cc1coc2c1C(NS(=O)(=O)c1ccc(Cl)cc1)CCC2. The monoisotopic (exact) mass is 325 g/mol. The molecule has 1 aliphatic carbocycles. The van der Waals surface area contributed by atoms with E-state index in [0.717, 1.165) is 36.1 Å². The summed E-state index contributed by atoms with van der Waals surface area (Å²) >= 11 is 5.80. The van der Waals surface area contributed by atoms with E-state index >= 15 is 0 Å². The van der Waals surface area contributed by atoms with Crippen molar-refractivity contribution in [2.75, 3.05) is 0 Å². The van der Waals surface area contributed by atoms with Gasteiger partial charge in [-0.15, -0.1) is 0 Å². The summed E-state index contributed by atoms with van der Waals surface area (Å²) in [4.78, 5) is 0.222. The lowest BCUT2D eigenvalue weighted by Gasteiger charge is -2.23. The van der Waals surface area contributed by atoms with Crippen LogP contribution in [0.3, 0.4) is 0 Å². The predicted molar refractivity (Wildman–Crippen MR) is 80.9 cm³/mol. The highest BCUT2D eigenvalue weighted by Crippen LogP contribution is 2.34. The molecule has 0 amide bonds. The quantitative estimate of drug-likeness (QED) is 0.938. The van der Waals surface area contributed by atoms with E-state index in [0.29, 0.717) is 5.02 Å². The molecule has 0 fully saturated rings. The number of hydrogen-bond donors (Lipinski definition) is 1. The smallest absolute Gasteiger partial charge is 0.241 e. The van der Waals surface area contributed by atoms with Gasteiger partial charge in [-0.05, 0) is 49.6 Å². The summed E-state index contributed by atoms with van der Waals surface area (Å²) in [6, 6.07) is 5.94. The zero-order chi connectivity index (χ0) is 15.0. The number of furan rings is 1. The highest BCUT2D eigenvalue weighted by molar-refractivity contribution is 7.89. The normalized spacial score (nSPS) is 18.5. The van der Waals surface area contributed by atoms with Gasteiger partial charge in [0.05, 0.1) is 17.2 Å². The third kappa shape index (κ3) is 2.86. The number of sulfonamides is 1. The van der Waals surface area contributed by atoms with E-state index < -0.39 is 10.0 Å². The van der Waals surface area contributed by atoms with Gasteiger partial charge in [0.1, 0.15) is 5.76 Å². The lowest BCUT2D eigenvalue weighted by molar-refractivity contribution is 0.438. The molecule has 1 N–H and O–H groups in total. The number of nitrogens with one attached hydrogen (secondary N) is 1. The van der Waals surface area contributed by atoms with Crippen LogP contribution < -0.4 is 4.72 Å². The van der Waals surface area contributed by atoms with Crippen LogP contribution in [-0.2, 0) is 16.4 Å². The van der Waals surface area contributed by atoms with E-state index in [4.69, 9.17) is 16.0 Å². The lowest BCUT2D eigenvalue weighted by atomic mass is 9.92. The first-order valence-electron chi connectivity index (χ1n) is 6.82. The van der Waals surface area contributed by atoms with Crippen LogP contribution in [-0.4, -0.2) is 8.42 Å². The molecule has 112 valence electrons. The molecule has 0 aliphatic heterocycles. The Balaban J connectivity index is 1.90. The van der Waals surface area contributed by atoms with Crippen LogP contribution in [0.2, 0.25) is 5.02 Å². The van der Waals surface area contributed by atoms with E-state index in [2.05, 4.69) is 4.72 Å². The third-order valence-corrected chi connectivity index (χ3v) is 5.51. The number of halogens is 1. The molecule has 1 unspecified atom stereocenters. The molecular formula is C15H16ClNO3S. The first-order valence-corrected chi connectivity index (χ1v) is 8.68. The van der Waals surface area contributed by atoms with Gasteiger partial charge in [0.2, 0.25) is 10.0 Å². The van der Waals surface area contributed by atoms with Crippen LogP contribution in [0, 0.1) is 6.92 Å². The summed E-state index contributed by atoms with van der Waals surface area (Å²) < 4.78 is 33.2. The average molecular weight is 326 g/mol. The second kappa shape index (κ2) is 5.48. The van der Waals surface area contributed by atoms with Crippen LogP contribution in [0.25, 0.3) is 0 Å².